The van der Waals surface area contributed by atoms with Crippen LogP contribution in [-0.2, 0) is 4.79 Å². The van der Waals surface area contributed by atoms with Crippen molar-refractivity contribution in [3.63, 3.8) is 0 Å². The predicted octanol–water partition coefficient (Wildman–Crippen LogP) is 5.73. The Balaban J connectivity index is 1.40. The third-order valence-electron chi connectivity index (χ3n) is 5.83. The molecule has 0 saturated heterocycles. The highest BCUT2D eigenvalue weighted by Crippen LogP contribution is 2.29. The standard InChI is InChI=1S/C33H29N3O6/c1-3-41-30-21-24(13-19-29(30)42-33(39)25-15-17-26(40-2)18-16-25)22-34-36-32(38)27-11-7-8-12-28(27)35-31(37)20-14-23-9-5-4-6-10-23/h4-22H,3H2,1-2H3,(H,35,37)(H,36,38)/b20-14+,34-22-. The molecule has 4 aromatic rings. The first-order chi connectivity index (χ1) is 20.5. The van der Waals surface area contributed by atoms with Gasteiger partial charge in [-0.05, 0) is 78.7 Å². The molecule has 0 aromatic heterocycles. The topological polar surface area (TPSA) is 115 Å². The van der Waals surface area contributed by atoms with Crippen molar-refractivity contribution in [3.8, 4) is 17.2 Å². The van der Waals surface area contributed by atoms with Crippen LogP contribution in [0.15, 0.2) is 108 Å². The number of hydrogen-bond acceptors (Lipinski definition) is 7. The van der Waals surface area contributed by atoms with Gasteiger partial charge in [0.05, 0.1) is 36.7 Å². The molecule has 0 aliphatic carbocycles. The van der Waals surface area contributed by atoms with Crippen molar-refractivity contribution < 1.29 is 28.6 Å². The maximum atomic E-state index is 12.9. The van der Waals surface area contributed by atoms with Crippen molar-refractivity contribution >= 4 is 35.8 Å². The molecular weight excluding hydrogens is 534 g/mol. The van der Waals surface area contributed by atoms with Gasteiger partial charge in [0.2, 0.25) is 5.91 Å². The molecule has 0 radical (unpaired) electrons. The van der Waals surface area contributed by atoms with Crippen LogP contribution in [0.25, 0.3) is 6.08 Å². The van der Waals surface area contributed by atoms with E-state index in [0.29, 0.717) is 34.9 Å². The number of carbonyl (C=O) groups is 3. The molecular formula is C33H29N3O6. The van der Waals surface area contributed by atoms with E-state index in [4.69, 9.17) is 14.2 Å². The summed E-state index contributed by atoms with van der Waals surface area (Å²) in [6.45, 7) is 2.15. The van der Waals surface area contributed by atoms with Crippen molar-refractivity contribution in [2.75, 3.05) is 19.0 Å². The van der Waals surface area contributed by atoms with E-state index in [-0.39, 0.29) is 17.2 Å². The molecule has 4 aromatic carbocycles. The highest BCUT2D eigenvalue weighted by atomic mass is 16.6. The summed E-state index contributed by atoms with van der Waals surface area (Å²) in [6, 6.07) is 27.5. The summed E-state index contributed by atoms with van der Waals surface area (Å²) in [5.41, 5.74) is 4.89. The van der Waals surface area contributed by atoms with Gasteiger partial charge in [-0.15, -0.1) is 0 Å². The molecule has 212 valence electrons. The molecule has 2 N–H and O–H groups in total. The lowest BCUT2D eigenvalue weighted by molar-refractivity contribution is -0.111. The molecule has 4 rings (SSSR count). The van der Waals surface area contributed by atoms with Crippen LogP contribution in [0, 0.1) is 0 Å². The molecule has 0 heterocycles. The van der Waals surface area contributed by atoms with Crippen molar-refractivity contribution in [3.05, 3.63) is 125 Å². The van der Waals surface area contributed by atoms with E-state index < -0.39 is 11.9 Å². The Hall–Kier alpha value is -5.70. The molecule has 0 unspecified atom stereocenters. The van der Waals surface area contributed by atoms with E-state index in [9.17, 15) is 14.4 Å². The molecule has 0 atom stereocenters. The largest absolute Gasteiger partial charge is 0.497 e. The number of nitrogens with zero attached hydrogens (tertiary/aromatic N) is 1. The summed E-state index contributed by atoms with van der Waals surface area (Å²) in [6.07, 6.45) is 4.51. The number of carbonyl (C=O) groups excluding carboxylic acids is 3. The Morgan fingerprint density at radius 1 is 0.833 bits per heavy atom. The Morgan fingerprint density at radius 2 is 1.57 bits per heavy atom. The number of ether oxygens (including phenoxy) is 3. The van der Waals surface area contributed by atoms with Gasteiger partial charge < -0.3 is 19.5 Å². The number of hydrazone groups is 1. The molecule has 0 spiro atoms. The molecule has 0 fully saturated rings. The SMILES string of the molecule is CCOc1cc(/C=N\NC(=O)c2ccccc2NC(=O)/C=C/c2ccccc2)ccc1OC(=O)c1ccc(OC)cc1. The van der Waals surface area contributed by atoms with Gasteiger partial charge in [-0.25, -0.2) is 10.2 Å². The van der Waals surface area contributed by atoms with Crippen LogP contribution < -0.4 is 25.0 Å². The third kappa shape index (κ3) is 8.15. The molecule has 0 aliphatic rings. The number of para-hydroxylation sites is 1. The van der Waals surface area contributed by atoms with Gasteiger partial charge in [0.15, 0.2) is 11.5 Å². The predicted molar refractivity (Wildman–Crippen MR) is 161 cm³/mol. The minimum Gasteiger partial charge on any atom is -0.497 e. The first kappa shape index (κ1) is 29.3. The van der Waals surface area contributed by atoms with Gasteiger partial charge in [0.25, 0.3) is 5.91 Å². The van der Waals surface area contributed by atoms with Gasteiger partial charge in [0, 0.05) is 6.08 Å². The lowest BCUT2D eigenvalue weighted by Gasteiger charge is -2.11. The lowest BCUT2D eigenvalue weighted by Crippen LogP contribution is -2.20. The minimum absolute atomic E-state index is 0.241. The quantitative estimate of drug-likeness (QED) is 0.0792. The van der Waals surface area contributed by atoms with Crippen LogP contribution in [-0.4, -0.2) is 37.7 Å². The second-order valence-electron chi connectivity index (χ2n) is 8.74. The van der Waals surface area contributed by atoms with Gasteiger partial charge in [-0.1, -0.05) is 42.5 Å². The highest BCUT2D eigenvalue weighted by molar-refractivity contribution is 6.07. The van der Waals surface area contributed by atoms with E-state index in [1.165, 1.54) is 12.3 Å². The van der Waals surface area contributed by atoms with Crippen molar-refractivity contribution in [1.82, 2.24) is 5.43 Å². The summed E-state index contributed by atoms with van der Waals surface area (Å²) >= 11 is 0. The molecule has 0 saturated carbocycles. The average molecular weight is 564 g/mol. The van der Waals surface area contributed by atoms with Gasteiger partial charge in [-0.3, -0.25) is 9.59 Å². The number of rotatable bonds is 11. The monoisotopic (exact) mass is 563 g/mol. The fraction of sp³-hybridized carbons (Fsp3) is 0.0909. The Kier molecular flexibility index (Phi) is 10.2. The van der Waals surface area contributed by atoms with Gasteiger partial charge in [0.1, 0.15) is 5.75 Å². The van der Waals surface area contributed by atoms with E-state index in [0.717, 1.165) is 5.56 Å². The highest BCUT2D eigenvalue weighted by Gasteiger charge is 2.14. The van der Waals surface area contributed by atoms with Crippen LogP contribution in [0.4, 0.5) is 5.69 Å². The summed E-state index contributed by atoms with van der Waals surface area (Å²) in [4.78, 5) is 37.9. The lowest BCUT2D eigenvalue weighted by atomic mass is 10.1. The number of anilines is 1. The molecule has 9 heteroatoms. The fourth-order valence-corrected chi connectivity index (χ4v) is 3.77. The molecule has 0 bridgehead atoms. The van der Waals surface area contributed by atoms with E-state index >= 15 is 0 Å². The zero-order valence-electron chi connectivity index (χ0n) is 23.1. The van der Waals surface area contributed by atoms with Crippen molar-refractivity contribution in [1.29, 1.82) is 0 Å². The van der Waals surface area contributed by atoms with E-state index in [1.54, 1.807) is 79.9 Å². The maximum Gasteiger partial charge on any atom is 0.343 e. The van der Waals surface area contributed by atoms with Crippen molar-refractivity contribution in [2.45, 2.75) is 6.92 Å². The number of methoxy groups -OCH3 is 1. The normalized spacial score (nSPS) is 10.8. The summed E-state index contributed by atoms with van der Waals surface area (Å²) in [5, 5.41) is 6.77. The maximum absolute atomic E-state index is 12.9. The van der Waals surface area contributed by atoms with Crippen LogP contribution in [0.3, 0.4) is 0 Å². The second-order valence-corrected chi connectivity index (χ2v) is 8.74. The average Bonchev–Trinajstić information content (AvgIpc) is 3.02. The summed E-state index contributed by atoms with van der Waals surface area (Å²) in [5.74, 6) is -0.227. The Bertz CT molecular complexity index is 1600. The zero-order valence-corrected chi connectivity index (χ0v) is 23.1. The van der Waals surface area contributed by atoms with Crippen LogP contribution in [0.1, 0.15) is 38.8 Å². The zero-order chi connectivity index (χ0) is 29.7. The summed E-state index contributed by atoms with van der Waals surface area (Å²) < 4.78 is 16.3. The second kappa shape index (κ2) is 14.6. The number of hydrogen-bond donors (Lipinski definition) is 2. The van der Waals surface area contributed by atoms with Crippen LogP contribution >= 0.6 is 0 Å². The third-order valence-corrected chi connectivity index (χ3v) is 5.83. The first-order valence-corrected chi connectivity index (χ1v) is 13.1. The molecule has 0 aliphatic heterocycles. The van der Waals surface area contributed by atoms with Crippen molar-refractivity contribution in [2.24, 2.45) is 5.10 Å². The first-order valence-electron chi connectivity index (χ1n) is 13.1. The van der Waals surface area contributed by atoms with E-state index in [2.05, 4.69) is 15.8 Å². The van der Waals surface area contributed by atoms with E-state index in [1.807, 2.05) is 37.3 Å². The molecule has 42 heavy (non-hydrogen) atoms. The Labute approximate surface area is 243 Å². The van der Waals surface area contributed by atoms with Crippen LogP contribution in [0.2, 0.25) is 0 Å². The molecule has 9 nitrogen and oxygen atoms in total. The smallest absolute Gasteiger partial charge is 0.343 e. The van der Waals surface area contributed by atoms with Gasteiger partial charge >= 0.3 is 5.97 Å². The number of esters is 1. The van der Waals surface area contributed by atoms with Gasteiger partial charge in [-0.2, -0.15) is 5.10 Å². The Morgan fingerprint density at radius 3 is 2.31 bits per heavy atom. The number of nitrogens with one attached hydrogen (secondary N) is 2. The minimum atomic E-state index is -0.548. The number of amides is 2. The molecule has 2 amide bonds. The van der Waals surface area contributed by atoms with Crippen LogP contribution in [0.5, 0.6) is 17.2 Å². The number of benzene rings is 4. The summed E-state index contributed by atoms with van der Waals surface area (Å²) in [7, 11) is 1.54. The fourth-order valence-electron chi connectivity index (χ4n) is 3.77.